The number of benzene rings is 1. The van der Waals surface area contributed by atoms with Gasteiger partial charge in [-0.25, -0.2) is 0 Å². The molecule has 0 spiro atoms. The molecule has 5 heteroatoms. The summed E-state index contributed by atoms with van der Waals surface area (Å²) in [6.07, 6.45) is 0. The number of rotatable bonds is 2. The highest BCUT2D eigenvalue weighted by Crippen LogP contribution is 2.42. The van der Waals surface area contributed by atoms with Gasteiger partial charge in [0.15, 0.2) is 11.5 Å². The maximum Gasteiger partial charge on any atom is 0.231 e. The van der Waals surface area contributed by atoms with Crippen molar-refractivity contribution >= 4 is 11.6 Å². The third kappa shape index (κ3) is 2.08. The van der Waals surface area contributed by atoms with Gasteiger partial charge in [0.25, 0.3) is 0 Å². The molecule has 1 aromatic heterocycles. The standard InChI is InChI=1S/C14H12ClNO3/c1-8-10(15)3-4-11(16-8)9-5-13-14(19-7-18-13)6-12(9)17-2/h3-6H,7H2,1-2H3. The van der Waals surface area contributed by atoms with E-state index in [1.807, 2.05) is 31.2 Å². The first-order chi connectivity index (χ1) is 9.19. The molecule has 1 aromatic carbocycles. The molecule has 0 aliphatic carbocycles. The second-order valence-electron chi connectivity index (χ2n) is 4.17. The Labute approximate surface area is 115 Å². The van der Waals surface area contributed by atoms with E-state index in [4.69, 9.17) is 25.8 Å². The Morgan fingerprint density at radius 1 is 1.21 bits per heavy atom. The fourth-order valence-electron chi connectivity index (χ4n) is 1.99. The summed E-state index contributed by atoms with van der Waals surface area (Å²) in [5.74, 6) is 2.08. The monoisotopic (exact) mass is 277 g/mol. The maximum atomic E-state index is 6.00. The van der Waals surface area contributed by atoms with Crippen LogP contribution in [-0.4, -0.2) is 18.9 Å². The summed E-state index contributed by atoms with van der Waals surface area (Å²) in [5, 5.41) is 0.642. The molecule has 0 N–H and O–H groups in total. The predicted molar refractivity (Wildman–Crippen MR) is 72.1 cm³/mol. The van der Waals surface area contributed by atoms with Crippen molar-refractivity contribution in [2.75, 3.05) is 13.9 Å². The minimum absolute atomic E-state index is 0.231. The number of aryl methyl sites for hydroxylation is 1. The number of ether oxygens (including phenoxy) is 3. The highest BCUT2D eigenvalue weighted by atomic mass is 35.5. The fourth-order valence-corrected chi connectivity index (χ4v) is 2.09. The van der Waals surface area contributed by atoms with Crippen molar-refractivity contribution in [2.24, 2.45) is 0 Å². The molecule has 4 nitrogen and oxygen atoms in total. The number of halogens is 1. The summed E-state index contributed by atoms with van der Waals surface area (Å²) in [6, 6.07) is 7.36. The molecule has 19 heavy (non-hydrogen) atoms. The van der Waals surface area contributed by atoms with Gasteiger partial charge >= 0.3 is 0 Å². The van der Waals surface area contributed by atoms with E-state index >= 15 is 0 Å². The molecule has 0 saturated carbocycles. The van der Waals surface area contributed by atoms with Gasteiger partial charge in [-0.2, -0.15) is 0 Å². The van der Waals surface area contributed by atoms with Crippen molar-refractivity contribution in [3.8, 4) is 28.5 Å². The number of methoxy groups -OCH3 is 1. The molecule has 0 fully saturated rings. The number of fused-ring (bicyclic) bond motifs is 1. The van der Waals surface area contributed by atoms with Gasteiger partial charge in [-0.1, -0.05) is 11.6 Å². The van der Waals surface area contributed by atoms with E-state index in [0.717, 1.165) is 17.0 Å². The molecule has 3 rings (SSSR count). The second kappa shape index (κ2) is 4.63. The van der Waals surface area contributed by atoms with Crippen LogP contribution >= 0.6 is 11.6 Å². The van der Waals surface area contributed by atoms with Crippen LogP contribution in [0.1, 0.15) is 5.69 Å². The van der Waals surface area contributed by atoms with Crippen LogP contribution in [0.15, 0.2) is 24.3 Å². The van der Waals surface area contributed by atoms with Crippen LogP contribution in [0.2, 0.25) is 5.02 Å². The Bertz CT molecular complexity index is 643. The molecule has 1 aliphatic rings. The van der Waals surface area contributed by atoms with Crippen LogP contribution in [0, 0.1) is 6.92 Å². The molecule has 1 aliphatic heterocycles. The molecule has 0 radical (unpaired) electrons. The van der Waals surface area contributed by atoms with E-state index in [-0.39, 0.29) is 6.79 Å². The van der Waals surface area contributed by atoms with E-state index in [1.165, 1.54) is 0 Å². The van der Waals surface area contributed by atoms with Crippen LogP contribution in [-0.2, 0) is 0 Å². The lowest BCUT2D eigenvalue weighted by Crippen LogP contribution is -1.93. The van der Waals surface area contributed by atoms with Crippen molar-refractivity contribution in [1.29, 1.82) is 0 Å². The van der Waals surface area contributed by atoms with Crippen LogP contribution in [0.5, 0.6) is 17.2 Å². The van der Waals surface area contributed by atoms with Crippen LogP contribution in [0.25, 0.3) is 11.3 Å². The molecule has 2 heterocycles. The van der Waals surface area contributed by atoms with E-state index in [2.05, 4.69) is 4.98 Å². The molecular formula is C14H12ClNO3. The van der Waals surface area contributed by atoms with Crippen molar-refractivity contribution in [3.05, 3.63) is 35.0 Å². The van der Waals surface area contributed by atoms with Crippen molar-refractivity contribution in [3.63, 3.8) is 0 Å². The Morgan fingerprint density at radius 2 is 1.95 bits per heavy atom. The topological polar surface area (TPSA) is 40.6 Å². The summed E-state index contributed by atoms with van der Waals surface area (Å²) in [7, 11) is 1.61. The number of pyridine rings is 1. The lowest BCUT2D eigenvalue weighted by Gasteiger charge is -2.10. The van der Waals surface area contributed by atoms with E-state index in [0.29, 0.717) is 22.3 Å². The SMILES string of the molecule is COc1cc2c(cc1-c1ccc(Cl)c(C)n1)OCO2. The van der Waals surface area contributed by atoms with Crippen LogP contribution in [0.3, 0.4) is 0 Å². The molecule has 0 saturated heterocycles. The Morgan fingerprint density at radius 3 is 2.63 bits per heavy atom. The minimum Gasteiger partial charge on any atom is -0.496 e. The van der Waals surface area contributed by atoms with Gasteiger partial charge < -0.3 is 14.2 Å². The Hall–Kier alpha value is -1.94. The van der Waals surface area contributed by atoms with Crippen LogP contribution < -0.4 is 14.2 Å². The van der Waals surface area contributed by atoms with Gasteiger partial charge in [-0.15, -0.1) is 0 Å². The van der Waals surface area contributed by atoms with Crippen molar-refractivity contribution < 1.29 is 14.2 Å². The smallest absolute Gasteiger partial charge is 0.231 e. The van der Waals surface area contributed by atoms with Gasteiger partial charge in [0.2, 0.25) is 6.79 Å². The summed E-state index contributed by atoms with van der Waals surface area (Å²) < 4.78 is 16.1. The fraction of sp³-hybridized carbons (Fsp3) is 0.214. The minimum atomic E-state index is 0.231. The average Bonchev–Trinajstić information content (AvgIpc) is 2.87. The van der Waals surface area contributed by atoms with Crippen molar-refractivity contribution in [2.45, 2.75) is 6.92 Å². The number of aromatic nitrogens is 1. The second-order valence-corrected chi connectivity index (χ2v) is 4.58. The van der Waals surface area contributed by atoms with E-state index in [9.17, 15) is 0 Å². The zero-order valence-corrected chi connectivity index (χ0v) is 11.3. The summed E-state index contributed by atoms with van der Waals surface area (Å²) in [6.45, 7) is 2.10. The van der Waals surface area contributed by atoms with Gasteiger partial charge in [0.1, 0.15) is 5.75 Å². The highest BCUT2D eigenvalue weighted by molar-refractivity contribution is 6.31. The number of nitrogens with zero attached hydrogens (tertiary/aromatic N) is 1. The van der Waals surface area contributed by atoms with Gasteiger partial charge in [0.05, 0.1) is 23.5 Å². The molecular weight excluding hydrogens is 266 g/mol. The van der Waals surface area contributed by atoms with Gasteiger partial charge in [-0.3, -0.25) is 4.98 Å². The third-order valence-corrected chi connectivity index (χ3v) is 3.39. The first-order valence-corrected chi connectivity index (χ1v) is 6.18. The van der Waals surface area contributed by atoms with Gasteiger partial charge in [-0.05, 0) is 25.1 Å². The van der Waals surface area contributed by atoms with E-state index in [1.54, 1.807) is 7.11 Å². The van der Waals surface area contributed by atoms with Crippen LogP contribution in [0.4, 0.5) is 0 Å². The highest BCUT2D eigenvalue weighted by Gasteiger charge is 2.19. The summed E-state index contributed by atoms with van der Waals surface area (Å²) >= 11 is 6.00. The molecule has 98 valence electrons. The molecule has 0 amide bonds. The largest absolute Gasteiger partial charge is 0.496 e. The molecule has 0 bridgehead atoms. The van der Waals surface area contributed by atoms with Gasteiger partial charge in [0, 0.05) is 11.6 Å². The normalized spacial score (nSPS) is 12.6. The van der Waals surface area contributed by atoms with Crippen molar-refractivity contribution in [1.82, 2.24) is 4.98 Å². The maximum absolute atomic E-state index is 6.00. The zero-order chi connectivity index (χ0) is 13.4. The quantitative estimate of drug-likeness (QED) is 0.843. The number of hydrogen-bond acceptors (Lipinski definition) is 4. The number of hydrogen-bond donors (Lipinski definition) is 0. The lowest BCUT2D eigenvalue weighted by molar-refractivity contribution is 0.174. The first kappa shape index (κ1) is 12.1. The lowest BCUT2D eigenvalue weighted by atomic mass is 10.1. The predicted octanol–water partition coefficient (Wildman–Crippen LogP) is 3.45. The van der Waals surface area contributed by atoms with E-state index < -0.39 is 0 Å². The molecule has 2 aromatic rings. The Balaban J connectivity index is 2.15. The third-order valence-electron chi connectivity index (χ3n) is 2.99. The first-order valence-electron chi connectivity index (χ1n) is 5.80. The summed E-state index contributed by atoms with van der Waals surface area (Å²) in [5.41, 5.74) is 2.42. The summed E-state index contributed by atoms with van der Waals surface area (Å²) in [4.78, 5) is 4.47. The molecule has 0 atom stereocenters. The zero-order valence-electron chi connectivity index (χ0n) is 10.6. The Kier molecular flexibility index (Phi) is 2.95. The average molecular weight is 278 g/mol. The molecule has 0 unspecified atom stereocenters.